The molecule has 1 aromatic carbocycles. The number of halogens is 1. The van der Waals surface area contributed by atoms with E-state index in [1.165, 1.54) is 24.9 Å². The van der Waals surface area contributed by atoms with Crippen LogP contribution in [0.2, 0.25) is 0 Å². The average Bonchev–Trinajstić information content (AvgIpc) is 2.18. The molecular weight excluding hydrogens is 235 g/mol. The molecule has 0 spiro atoms. The van der Waals surface area contributed by atoms with E-state index in [0.717, 1.165) is 0 Å². The van der Waals surface area contributed by atoms with E-state index in [-0.39, 0.29) is 5.75 Å². The predicted octanol–water partition coefficient (Wildman–Crippen LogP) is 3.25. The predicted molar refractivity (Wildman–Crippen MR) is 63.0 cm³/mol. The van der Waals surface area contributed by atoms with Crippen molar-refractivity contribution in [2.45, 2.75) is 11.8 Å². The van der Waals surface area contributed by atoms with Gasteiger partial charge in [-0.1, -0.05) is 0 Å². The molecule has 0 aliphatic carbocycles. The topological polar surface area (TPSA) is 18.5 Å². The molecule has 2 nitrogen and oxygen atoms in total. The summed E-state index contributed by atoms with van der Waals surface area (Å²) >= 11 is 6.14. The van der Waals surface area contributed by atoms with Crippen LogP contribution in [0.3, 0.4) is 0 Å². The number of hydrogen-bond donors (Lipinski definition) is 0. The van der Waals surface area contributed by atoms with Gasteiger partial charge in [0.25, 0.3) is 0 Å². The van der Waals surface area contributed by atoms with Crippen LogP contribution in [-0.2, 0) is 4.74 Å². The highest BCUT2D eigenvalue weighted by atomic mass is 32.2. The molecule has 0 atom stereocenters. The second-order valence-corrected chi connectivity index (χ2v) is 4.26. The van der Waals surface area contributed by atoms with Crippen LogP contribution in [-0.4, -0.2) is 18.1 Å². The quantitative estimate of drug-likeness (QED) is 0.601. The van der Waals surface area contributed by atoms with Gasteiger partial charge in [-0.3, -0.25) is 0 Å². The maximum atomic E-state index is 13.3. The molecule has 0 saturated heterocycles. The molecule has 0 heterocycles. The Bertz CT molecular complexity index is 355. The van der Waals surface area contributed by atoms with E-state index in [1.807, 2.05) is 6.92 Å². The maximum absolute atomic E-state index is 13.3. The summed E-state index contributed by atoms with van der Waals surface area (Å²) in [4.78, 5) is 0.701. The number of benzene rings is 1. The number of rotatable bonds is 3. The molecule has 15 heavy (non-hydrogen) atoms. The molecule has 0 bridgehead atoms. The summed E-state index contributed by atoms with van der Waals surface area (Å²) in [5.74, 6) is -0.177. The summed E-state index contributed by atoms with van der Waals surface area (Å²) in [6, 6.07) is 4.67. The number of thiocarbonyl (C=S) groups is 1. The third-order valence-corrected chi connectivity index (χ3v) is 2.73. The average molecular weight is 246 g/mol. The molecule has 1 aromatic rings. The Hall–Kier alpha value is -0.810. The molecule has 0 saturated carbocycles. The summed E-state index contributed by atoms with van der Waals surface area (Å²) in [7, 11) is 1.43. The molecule has 0 aromatic heterocycles. The Morgan fingerprint density at radius 1 is 1.53 bits per heavy atom. The summed E-state index contributed by atoms with van der Waals surface area (Å²) in [5.41, 5.74) is 0. The summed E-state index contributed by atoms with van der Waals surface area (Å²) < 4.78 is 23.5. The zero-order valence-corrected chi connectivity index (χ0v) is 10.1. The molecule has 0 aliphatic rings. The van der Waals surface area contributed by atoms with E-state index < -0.39 is 5.82 Å². The van der Waals surface area contributed by atoms with Crippen LogP contribution >= 0.6 is 24.0 Å². The van der Waals surface area contributed by atoms with Gasteiger partial charge in [0.05, 0.1) is 13.7 Å². The smallest absolute Gasteiger partial charge is 0.224 e. The Balaban J connectivity index is 2.71. The molecule has 0 radical (unpaired) electrons. The van der Waals surface area contributed by atoms with E-state index in [2.05, 4.69) is 0 Å². The minimum atomic E-state index is -0.401. The minimum absolute atomic E-state index is 0.224. The van der Waals surface area contributed by atoms with Crippen molar-refractivity contribution in [3.05, 3.63) is 24.0 Å². The molecule has 1 rings (SSSR count). The first kappa shape index (κ1) is 12.3. The van der Waals surface area contributed by atoms with Crippen LogP contribution < -0.4 is 4.74 Å². The zero-order valence-electron chi connectivity index (χ0n) is 8.45. The fourth-order valence-corrected chi connectivity index (χ4v) is 2.03. The van der Waals surface area contributed by atoms with Crippen molar-refractivity contribution >= 4 is 28.4 Å². The molecule has 0 aliphatic heterocycles. The van der Waals surface area contributed by atoms with E-state index in [0.29, 0.717) is 15.9 Å². The van der Waals surface area contributed by atoms with E-state index in [4.69, 9.17) is 21.7 Å². The third kappa shape index (κ3) is 3.68. The molecule has 0 fully saturated rings. The monoisotopic (exact) mass is 246 g/mol. The molecule has 5 heteroatoms. The van der Waals surface area contributed by atoms with Gasteiger partial charge in [0.1, 0.15) is 0 Å². The van der Waals surface area contributed by atoms with Gasteiger partial charge in [-0.15, -0.1) is 0 Å². The lowest BCUT2D eigenvalue weighted by Crippen LogP contribution is -1.95. The lowest BCUT2D eigenvalue weighted by Gasteiger charge is -2.06. The van der Waals surface area contributed by atoms with E-state index >= 15 is 0 Å². The molecule has 0 amide bonds. The van der Waals surface area contributed by atoms with Gasteiger partial charge in [0.15, 0.2) is 11.6 Å². The van der Waals surface area contributed by atoms with Gasteiger partial charge < -0.3 is 9.47 Å². The lowest BCUT2D eigenvalue weighted by molar-refractivity contribution is 0.346. The second kappa shape index (κ2) is 5.92. The van der Waals surface area contributed by atoms with Crippen molar-refractivity contribution in [2.24, 2.45) is 0 Å². The molecule has 82 valence electrons. The minimum Gasteiger partial charge on any atom is -0.494 e. The van der Waals surface area contributed by atoms with Gasteiger partial charge in [-0.25, -0.2) is 4.39 Å². The molecular formula is C10H11FO2S2. The third-order valence-electron chi connectivity index (χ3n) is 1.59. The standard InChI is InChI=1S/C10H11FO2S2/c1-3-13-10(14)15-7-4-5-9(12-2)8(11)6-7/h4-6H,3H2,1-2H3. The first-order chi connectivity index (χ1) is 7.17. The normalized spacial score (nSPS) is 9.80. The van der Waals surface area contributed by atoms with Crippen LogP contribution in [0.25, 0.3) is 0 Å². The fraction of sp³-hybridized carbons (Fsp3) is 0.300. The Labute approximate surface area is 97.8 Å². The number of hydrogen-bond acceptors (Lipinski definition) is 4. The summed E-state index contributed by atoms with van der Waals surface area (Å²) in [6.07, 6.45) is 0. The van der Waals surface area contributed by atoms with Gasteiger partial charge in [0.2, 0.25) is 4.38 Å². The van der Waals surface area contributed by atoms with Crippen LogP contribution in [0.4, 0.5) is 4.39 Å². The molecule has 0 N–H and O–H groups in total. The van der Waals surface area contributed by atoms with Crippen LogP contribution in [0.15, 0.2) is 23.1 Å². The van der Waals surface area contributed by atoms with E-state index in [1.54, 1.807) is 12.1 Å². The highest BCUT2D eigenvalue weighted by molar-refractivity contribution is 8.22. The van der Waals surface area contributed by atoms with Crippen molar-refractivity contribution in [1.82, 2.24) is 0 Å². The van der Waals surface area contributed by atoms with Crippen LogP contribution in [0.1, 0.15) is 6.92 Å². The van der Waals surface area contributed by atoms with Crippen molar-refractivity contribution in [3.8, 4) is 5.75 Å². The highest BCUT2D eigenvalue weighted by Gasteiger charge is 2.06. The Morgan fingerprint density at radius 3 is 2.80 bits per heavy atom. The largest absolute Gasteiger partial charge is 0.494 e. The first-order valence-electron chi connectivity index (χ1n) is 4.35. The maximum Gasteiger partial charge on any atom is 0.224 e. The van der Waals surface area contributed by atoms with Crippen molar-refractivity contribution < 1.29 is 13.9 Å². The van der Waals surface area contributed by atoms with Gasteiger partial charge in [0, 0.05) is 4.90 Å². The van der Waals surface area contributed by atoms with Gasteiger partial charge in [-0.2, -0.15) is 0 Å². The Morgan fingerprint density at radius 2 is 2.27 bits per heavy atom. The van der Waals surface area contributed by atoms with Crippen LogP contribution in [0.5, 0.6) is 5.75 Å². The van der Waals surface area contributed by atoms with E-state index in [9.17, 15) is 4.39 Å². The lowest BCUT2D eigenvalue weighted by atomic mass is 10.3. The number of methoxy groups -OCH3 is 1. The van der Waals surface area contributed by atoms with Gasteiger partial charge >= 0.3 is 0 Å². The molecule has 0 unspecified atom stereocenters. The van der Waals surface area contributed by atoms with Crippen molar-refractivity contribution in [3.63, 3.8) is 0 Å². The summed E-state index contributed by atoms with van der Waals surface area (Å²) in [5, 5.41) is 0. The van der Waals surface area contributed by atoms with Crippen LogP contribution in [0, 0.1) is 5.82 Å². The first-order valence-corrected chi connectivity index (χ1v) is 5.58. The SMILES string of the molecule is CCOC(=S)Sc1ccc(OC)c(F)c1. The zero-order chi connectivity index (χ0) is 11.3. The van der Waals surface area contributed by atoms with Gasteiger partial charge in [-0.05, 0) is 49.1 Å². The van der Waals surface area contributed by atoms with Crippen molar-refractivity contribution in [1.29, 1.82) is 0 Å². The number of thioether (sulfide) groups is 1. The Kier molecular flexibility index (Phi) is 4.84. The number of ether oxygens (including phenoxy) is 2. The summed E-state index contributed by atoms with van der Waals surface area (Å²) in [6.45, 7) is 2.37. The highest BCUT2D eigenvalue weighted by Crippen LogP contribution is 2.25. The second-order valence-electron chi connectivity index (χ2n) is 2.58. The fourth-order valence-electron chi connectivity index (χ4n) is 0.954. The van der Waals surface area contributed by atoms with Crippen molar-refractivity contribution in [2.75, 3.05) is 13.7 Å².